The second-order valence-corrected chi connectivity index (χ2v) is 14.8. The molecule has 2 heterocycles. The molecule has 7 atom stereocenters. The lowest BCUT2D eigenvalue weighted by molar-refractivity contribution is -0.0823. The lowest BCUT2D eigenvalue weighted by atomic mass is 10.0. The van der Waals surface area contributed by atoms with E-state index in [1.807, 2.05) is 25.8 Å². The summed E-state index contributed by atoms with van der Waals surface area (Å²) in [7, 11) is -17.2. The molecule has 0 saturated carbocycles. The van der Waals surface area contributed by atoms with Crippen LogP contribution >= 0.6 is 23.5 Å². The van der Waals surface area contributed by atoms with Crippen molar-refractivity contribution in [3.63, 3.8) is 0 Å². The first-order valence-electron chi connectivity index (χ1n) is 13.3. The van der Waals surface area contributed by atoms with Crippen LogP contribution in [-0.4, -0.2) is 63.8 Å². The average Bonchev–Trinajstić information content (AvgIpc) is 3.13. The van der Waals surface area contributed by atoms with Gasteiger partial charge in [-0.2, -0.15) is 8.62 Å². The van der Waals surface area contributed by atoms with Crippen LogP contribution in [0.2, 0.25) is 0 Å². The molecule has 1 fully saturated rings. The largest absolute Gasteiger partial charge is 0.490 e. The summed E-state index contributed by atoms with van der Waals surface area (Å²) in [5.41, 5.74) is 1.42. The molecule has 7 N–H and O–H groups in total. The van der Waals surface area contributed by atoms with Crippen molar-refractivity contribution in [2.45, 2.75) is 90.4 Å². The van der Waals surface area contributed by atoms with Crippen LogP contribution in [0.15, 0.2) is 56.8 Å². The number of phosphoric acid groups is 3. The van der Waals surface area contributed by atoms with Gasteiger partial charge in [-0.3, -0.25) is 18.9 Å². The van der Waals surface area contributed by atoms with Gasteiger partial charge in [-0.1, -0.05) is 34.9 Å². The number of H-pyrrole nitrogens is 1. The van der Waals surface area contributed by atoms with Gasteiger partial charge in [0.05, 0.1) is 0 Å². The quantitative estimate of drug-likeness (QED) is 0.0972. The zero-order valence-corrected chi connectivity index (χ0v) is 27.1. The van der Waals surface area contributed by atoms with E-state index in [-0.39, 0.29) is 6.42 Å². The van der Waals surface area contributed by atoms with Crippen molar-refractivity contribution in [2.24, 2.45) is 0 Å². The zero-order valence-electron chi connectivity index (χ0n) is 24.5. The highest BCUT2D eigenvalue weighted by Crippen LogP contribution is 2.66. The van der Waals surface area contributed by atoms with E-state index in [4.69, 9.17) is 19.0 Å². The molecule has 1 saturated heterocycles. The summed E-state index contributed by atoms with van der Waals surface area (Å²) in [5.74, 6) is 0. The van der Waals surface area contributed by atoms with Crippen molar-refractivity contribution in [1.29, 1.82) is 0 Å². The van der Waals surface area contributed by atoms with Crippen LogP contribution in [0, 0.1) is 0 Å². The number of hydrogen-bond donors (Lipinski definition) is 7. The second kappa shape index (κ2) is 16.1. The minimum Gasteiger partial charge on any atom is -0.387 e. The summed E-state index contributed by atoms with van der Waals surface area (Å²) in [6, 6.07) is 0.949. The number of hydrogen-bond acceptors (Lipinski definition) is 11. The number of rotatable bonds is 16. The second-order valence-electron chi connectivity index (χ2n) is 10.4. The summed E-state index contributed by atoms with van der Waals surface area (Å²) in [4.78, 5) is 62.9. The van der Waals surface area contributed by atoms with E-state index < -0.39 is 65.4 Å². The summed E-state index contributed by atoms with van der Waals surface area (Å²) >= 11 is 0. The lowest BCUT2D eigenvalue weighted by Crippen LogP contribution is -2.40. The molecular formula is C24H39N2O15P3. The Morgan fingerprint density at radius 1 is 0.932 bits per heavy atom. The average molecular weight is 688 g/mol. The van der Waals surface area contributed by atoms with Gasteiger partial charge < -0.3 is 34.5 Å². The fourth-order valence-corrected chi connectivity index (χ4v) is 7.42. The van der Waals surface area contributed by atoms with E-state index in [2.05, 4.69) is 20.8 Å². The molecule has 1 aliphatic heterocycles. The molecule has 20 heteroatoms. The van der Waals surface area contributed by atoms with Crippen molar-refractivity contribution < 1.29 is 61.4 Å². The summed E-state index contributed by atoms with van der Waals surface area (Å²) in [6.07, 6.45) is 0.775. The molecule has 0 amide bonds. The highest BCUT2D eigenvalue weighted by atomic mass is 31.3. The minimum absolute atomic E-state index is 0.306. The molecule has 0 spiro atoms. The summed E-state index contributed by atoms with van der Waals surface area (Å²) in [5, 5.41) is 21.4. The molecule has 44 heavy (non-hydrogen) atoms. The third-order valence-corrected chi connectivity index (χ3v) is 10.1. The number of aromatic amines is 1. The Morgan fingerprint density at radius 2 is 1.52 bits per heavy atom. The first kappa shape index (κ1) is 38.4. The maximum atomic E-state index is 12.7. The molecule has 250 valence electrons. The Kier molecular flexibility index (Phi) is 14.1. The highest BCUT2D eigenvalue weighted by molar-refractivity contribution is 7.66. The Morgan fingerprint density at radius 3 is 2.09 bits per heavy atom. The number of allylic oxidation sites excluding steroid dienone is 5. The Bertz CT molecular complexity index is 1490. The van der Waals surface area contributed by atoms with Gasteiger partial charge in [0, 0.05) is 12.3 Å². The van der Waals surface area contributed by atoms with E-state index in [9.17, 15) is 43.3 Å². The van der Waals surface area contributed by atoms with E-state index in [1.54, 1.807) is 13.0 Å². The molecular weight excluding hydrogens is 649 g/mol. The first-order chi connectivity index (χ1) is 20.2. The predicted molar refractivity (Wildman–Crippen MR) is 156 cm³/mol. The smallest absolute Gasteiger partial charge is 0.387 e. The maximum Gasteiger partial charge on any atom is 0.490 e. The molecule has 1 aliphatic rings. The van der Waals surface area contributed by atoms with Gasteiger partial charge in [-0.15, -0.1) is 0 Å². The van der Waals surface area contributed by atoms with Gasteiger partial charge >= 0.3 is 29.2 Å². The van der Waals surface area contributed by atoms with Crippen molar-refractivity contribution in [2.75, 3.05) is 0 Å². The van der Waals surface area contributed by atoms with Gasteiger partial charge in [0.15, 0.2) is 6.23 Å². The molecule has 3 unspecified atom stereocenters. The number of nitrogens with zero attached hydrogens (tertiary/aromatic N) is 1. The van der Waals surface area contributed by atoms with E-state index in [0.29, 0.717) is 12.8 Å². The monoisotopic (exact) mass is 688 g/mol. The molecule has 1 aromatic heterocycles. The number of ether oxygens (including phenoxy) is 1. The van der Waals surface area contributed by atoms with Gasteiger partial charge in [0.1, 0.15) is 24.4 Å². The standard InChI is InChI=1S/C24H39N2O15P3/c1-15(2)7-5-8-16(3)9-6-10-17(4)11-12-18(39-43(34,35)41-44(36,37)40-42(31,32)33)22-20(28)21(29)23(38-22)26-14-13-19(27)25-24(26)30/h7,9,11,13-14,18,20-23,28-29H,5-6,8,10,12H2,1-4H3,(H,34,35)(H,36,37)(H,25,27,30)(H2,31,32,33)/t18?,20-,21+,22+,23+/m0/s1. The maximum absolute atomic E-state index is 12.7. The summed E-state index contributed by atoms with van der Waals surface area (Å²) < 4.78 is 54.4. The highest BCUT2D eigenvalue weighted by Gasteiger charge is 2.50. The lowest BCUT2D eigenvalue weighted by Gasteiger charge is -2.27. The molecule has 1 aromatic rings. The number of nitrogens with one attached hydrogen (secondary N) is 1. The Labute approximate surface area is 252 Å². The minimum atomic E-state index is -5.86. The molecule has 0 aliphatic carbocycles. The summed E-state index contributed by atoms with van der Waals surface area (Å²) in [6.45, 7) is 7.79. The van der Waals surface area contributed by atoms with Gasteiger partial charge in [0.25, 0.3) is 5.56 Å². The van der Waals surface area contributed by atoms with Gasteiger partial charge in [0.2, 0.25) is 0 Å². The third kappa shape index (κ3) is 12.9. The molecule has 0 radical (unpaired) electrons. The number of phosphoric ester groups is 1. The van der Waals surface area contributed by atoms with Crippen LogP contribution in [-0.2, 0) is 31.6 Å². The number of aliphatic hydroxyl groups is 2. The molecule has 0 bridgehead atoms. The normalized spacial score (nSPS) is 24.9. The van der Waals surface area contributed by atoms with Crippen molar-refractivity contribution in [3.8, 4) is 0 Å². The SMILES string of the molecule is CC(C)=CCCC(C)=CCCC(C)=CCC(OP(=O)(O)OP(=O)(O)OP(=O)(O)O)[C@H]1O[C@@H](n2ccc(=O)[nH]c2=O)[C@H](O)[C@@H]1O. The van der Waals surface area contributed by atoms with Crippen LogP contribution in [0.25, 0.3) is 0 Å². The zero-order chi connectivity index (χ0) is 33.5. The van der Waals surface area contributed by atoms with E-state index in [1.165, 1.54) is 11.1 Å². The van der Waals surface area contributed by atoms with Gasteiger partial charge in [-0.05, 0) is 59.8 Å². The Balaban J connectivity index is 2.29. The van der Waals surface area contributed by atoms with Crippen molar-refractivity contribution >= 4 is 23.5 Å². The van der Waals surface area contributed by atoms with Crippen molar-refractivity contribution in [3.05, 3.63) is 68.0 Å². The van der Waals surface area contributed by atoms with E-state index in [0.717, 1.165) is 35.2 Å². The Hall–Kier alpha value is -1.81. The molecule has 0 aromatic carbocycles. The first-order valence-corrected chi connectivity index (χ1v) is 17.8. The fraction of sp³-hybridized carbons (Fsp3) is 0.583. The molecule has 17 nitrogen and oxygen atoms in total. The van der Waals surface area contributed by atoms with Gasteiger partial charge in [-0.25, -0.2) is 18.5 Å². The van der Waals surface area contributed by atoms with E-state index >= 15 is 0 Å². The topological polar surface area (TPSA) is 264 Å². The number of aromatic nitrogens is 2. The number of aliphatic hydroxyl groups excluding tert-OH is 2. The predicted octanol–water partition coefficient (Wildman–Crippen LogP) is 2.68. The van der Waals surface area contributed by atoms with Crippen LogP contribution in [0.5, 0.6) is 0 Å². The molecule has 2 rings (SSSR count). The van der Waals surface area contributed by atoms with Crippen LogP contribution in [0.1, 0.15) is 66.0 Å². The fourth-order valence-electron chi connectivity index (χ4n) is 4.21. The van der Waals surface area contributed by atoms with Crippen LogP contribution in [0.3, 0.4) is 0 Å². The van der Waals surface area contributed by atoms with Crippen molar-refractivity contribution in [1.82, 2.24) is 9.55 Å². The van der Waals surface area contributed by atoms with Crippen LogP contribution in [0.4, 0.5) is 0 Å². The van der Waals surface area contributed by atoms with Crippen LogP contribution < -0.4 is 11.2 Å². The third-order valence-electron chi connectivity index (χ3n) is 6.27.